The number of aryl methyl sites for hydroxylation is 1. The van der Waals surface area contributed by atoms with Gasteiger partial charge in [-0.3, -0.25) is 14.9 Å². The van der Waals surface area contributed by atoms with E-state index in [-0.39, 0.29) is 25.1 Å². The molecule has 0 unspecified atom stereocenters. The van der Waals surface area contributed by atoms with Crippen molar-refractivity contribution in [1.29, 1.82) is 0 Å². The van der Waals surface area contributed by atoms with Crippen molar-refractivity contribution >= 4 is 27.6 Å². The molecule has 0 amide bonds. The molecule has 0 radical (unpaired) electrons. The number of halogens is 1. The molecule has 0 saturated carbocycles. The Morgan fingerprint density at radius 3 is 2.90 bits per heavy atom. The largest absolute Gasteiger partial charge is 0.481 e. The zero-order valence-corrected chi connectivity index (χ0v) is 12.4. The highest BCUT2D eigenvalue weighted by atomic mass is 79.9. The molecule has 0 saturated heterocycles. The average Bonchev–Trinajstić information content (AvgIpc) is 2.86. The zero-order valence-electron chi connectivity index (χ0n) is 10.8. The van der Waals surface area contributed by atoms with Gasteiger partial charge in [0.25, 0.3) is 5.69 Å². The number of nitrogens with zero attached hydrogens (tertiary/aromatic N) is 4. The van der Waals surface area contributed by atoms with Crippen molar-refractivity contribution < 1.29 is 14.8 Å². The van der Waals surface area contributed by atoms with E-state index in [9.17, 15) is 14.9 Å². The van der Waals surface area contributed by atoms with Gasteiger partial charge in [-0.15, -0.1) is 5.10 Å². The van der Waals surface area contributed by atoms with Crippen molar-refractivity contribution in [3.63, 3.8) is 0 Å². The first-order valence-corrected chi connectivity index (χ1v) is 6.78. The molecule has 1 aromatic heterocycles. The first-order valence-electron chi connectivity index (χ1n) is 5.99. The van der Waals surface area contributed by atoms with Crippen molar-refractivity contribution in [2.24, 2.45) is 0 Å². The molecule has 1 heterocycles. The van der Waals surface area contributed by atoms with E-state index >= 15 is 0 Å². The van der Waals surface area contributed by atoms with Crippen LogP contribution in [0.25, 0.3) is 0 Å². The fourth-order valence-corrected chi connectivity index (χ4v) is 2.13. The van der Waals surface area contributed by atoms with E-state index in [1.165, 1.54) is 10.7 Å². The van der Waals surface area contributed by atoms with Crippen LogP contribution in [0.3, 0.4) is 0 Å². The van der Waals surface area contributed by atoms with E-state index in [0.717, 1.165) is 0 Å². The summed E-state index contributed by atoms with van der Waals surface area (Å²) in [5.74, 6) is -0.909. The predicted molar refractivity (Wildman–Crippen MR) is 75.9 cm³/mol. The third kappa shape index (κ3) is 4.09. The van der Waals surface area contributed by atoms with Gasteiger partial charge in [0.15, 0.2) is 0 Å². The number of carbonyl (C=O) groups is 1. The van der Waals surface area contributed by atoms with Gasteiger partial charge in [0.1, 0.15) is 0 Å². The summed E-state index contributed by atoms with van der Waals surface area (Å²) in [7, 11) is 0. The van der Waals surface area contributed by atoms with E-state index in [1.54, 1.807) is 18.3 Å². The number of nitro groups is 1. The number of hydrogen-bond acceptors (Lipinski definition) is 5. The Hall–Kier alpha value is -2.29. The zero-order chi connectivity index (χ0) is 15.4. The molecule has 110 valence electrons. The molecule has 8 nitrogen and oxygen atoms in total. The molecule has 0 atom stereocenters. The topological polar surface area (TPSA) is 111 Å². The van der Waals surface area contributed by atoms with Crippen molar-refractivity contribution in [3.05, 3.63) is 50.2 Å². The summed E-state index contributed by atoms with van der Waals surface area (Å²) in [6, 6.07) is 4.78. The molecule has 0 aliphatic heterocycles. The summed E-state index contributed by atoms with van der Waals surface area (Å²) in [6.07, 6.45) is 1.84. The molecular formula is C12H11BrN4O4. The first-order chi connectivity index (χ1) is 9.95. The van der Waals surface area contributed by atoms with Crippen LogP contribution in [0.4, 0.5) is 5.69 Å². The van der Waals surface area contributed by atoms with E-state index in [4.69, 9.17) is 5.11 Å². The van der Waals surface area contributed by atoms with Gasteiger partial charge in [0.2, 0.25) is 0 Å². The maximum atomic E-state index is 11.0. The average molecular weight is 355 g/mol. The second-order valence-electron chi connectivity index (χ2n) is 4.33. The lowest BCUT2D eigenvalue weighted by atomic mass is 10.2. The summed E-state index contributed by atoms with van der Waals surface area (Å²) >= 11 is 3.19. The number of rotatable bonds is 6. The standard InChI is InChI=1S/C12H11BrN4O4/c13-9-2-1-8(11(5-9)17(20)21)6-16-7-10(14-15-16)3-4-12(18)19/h1-2,5,7H,3-4,6H2,(H,18,19). The van der Waals surface area contributed by atoms with Gasteiger partial charge < -0.3 is 5.11 Å². The van der Waals surface area contributed by atoms with Crippen LogP contribution < -0.4 is 0 Å². The molecule has 2 rings (SSSR count). The molecule has 1 aromatic carbocycles. The van der Waals surface area contributed by atoms with Crippen LogP contribution in [-0.4, -0.2) is 31.0 Å². The summed E-state index contributed by atoms with van der Waals surface area (Å²) < 4.78 is 2.08. The quantitative estimate of drug-likeness (QED) is 0.627. The highest BCUT2D eigenvalue weighted by Crippen LogP contribution is 2.24. The van der Waals surface area contributed by atoms with Crippen molar-refractivity contribution in [1.82, 2.24) is 15.0 Å². The Balaban J connectivity index is 2.15. The summed E-state index contributed by atoms with van der Waals surface area (Å²) in [6.45, 7) is 0.198. The van der Waals surface area contributed by atoms with Crippen molar-refractivity contribution in [3.8, 4) is 0 Å². The van der Waals surface area contributed by atoms with Gasteiger partial charge in [-0.05, 0) is 12.1 Å². The second kappa shape index (κ2) is 6.44. The lowest BCUT2D eigenvalue weighted by Crippen LogP contribution is -2.04. The number of aliphatic carboxylic acids is 1. The number of benzene rings is 1. The maximum Gasteiger partial charge on any atom is 0.303 e. The lowest BCUT2D eigenvalue weighted by molar-refractivity contribution is -0.385. The smallest absolute Gasteiger partial charge is 0.303 e. The van der Waals surface area contributed by atoms with Crippen molar-refractivity contribution in [2.45, 2.75) is 19.4 Å². The molecule has 9 heteroatoms. The minimum atomic E-state index is -0.909. The Morgan fingerprint density at radius 1 is 1.48 bits per heavy atom. The number of hydrogen-bond donors (Lipinski definition) is 1. The maximum absolute atomic E-state index is 11.0. The van der Waals surface area contributed by atoms with Crippen LogP contribution in [0, 0.1) is 10.1 Å². The number of aromatic nitrogens is 3. The number of nitro benzene ring substituents is 1. The van der Waals surface area contributed by atoms with E-state index < -0.39 is 10.9 Å². The van der Waals surface area contributed by atoms with E-state index in [2.05, 4.69) is 26.2 Å². The Bertz CT molecular complexity index is 686. The SMILES string of the molecule is O=C(O)CCc1cn(Cc2ccc(Br)cc2[N+](=O)[O-])nn1. The molecule has 0 spiro atoms. The third-order valence-electron chi connectivity index (χ3n) is 2.76. The summed E-state index contributed by atoms with van der Waals surface area (Å²) in [5.41, 5.74) is 1.03. The number of carboxylic acids is 1. The Kier molecular flexibility index (Phi) is 4.63. The van der Waals surface area contributed by atoms with E-state index in [1.807, 2.05) is 0 Å². The second-order valence-corrected chi connectivity index (χ2v) is 5.25. The molecule has 0 fully saturated rings. The minimum Gasteiger partial charge on any atom is -0.481 e. The highest BCUT2D eigenvalue weighted by Gasteiger charge is 2.15. The van der Waals surface area contributed by atoms with Crippen LogP contribution in [0.5, 0.6) is 0 Å². The molecule has 2 aromatic rings. The van der Waals surface area contributed by atoms with Crippen LogP contribution in [0.15, 0.2) is 28.9 Å². The number of carboxylic acid groups (broad SMARTS) is 1. The summed E-state index contributed by atoms with van der Waals surface area (Å²) in [4.78, 5) is 21.1. The molecule has 1 N–H and O–H groups in total. The summed E-state index contributed by atoms with van der Waals surface area (Å²) in [5, 5.41) is 27.3. The van der Waals surface area contributed by atoms with Gasteiger partial charge in [0.05, 0.1) is 29.1 Å². The fraction of sp³-hybridized carbons (Fsp3) is 0.250. The van der Waals surface area contributed by atoms with Gasteiger partial charge in [-0.25, -0.2) is 4.68 Å². The molecule has 0 bridgehead atoms. The molecule has 0 aliphatic carbocycles. The fourth-order valence-electron chi connectivity index (χ4n) is 1.78. The van der Waals surface area contributed by atoms with Gasteiger partial charge in [-0.1, -0.05) is 21.1 Å². The first kappa shape index (κ1) is 15.1. The van der Waals surface area contributed by atoms with Crippen LogP contribution in [-0.2, 0) is 17.8 Å². The van der Waals surface area contributed by atoms with E-state index in [0.29, 0.717) is 15.7 Å². The molecule has 21 heavy (non-hydrogen) atoms. The highest BCUT2D eigenvalue weighted by molar-refractivity contribution is 9.10. The monoisotopic (exact) mass is 354 g/mol. The predicted octanol–water partition coefficient (Wildman–Crippen LogP) is 2.01. The third-order valence-corrected chi connectivity index (χ3v) is 3.25. The van der Waals surface area contributed by atoms with Gasteiger partial charge in [-0.2, -0.15) is 0 Å². The molecular weight excluding hydrogens is 344 g/mol. The Morgan fingerprint density at radius 2 is 2.24 bits per heavy atom. The van der Waals surface area contributed by atoms with Crippen molar-refractivity contribution in [2.75, 3.05) is 0 Å². The van der Waals surface area contributed by atoms with Crippen LogP contribution >= 0.6 is 15.9 Å². The Labute approximate surface area is 127 Å². The normalized spacial score (nSPS) is 10.5. The van der Waals surface area contributed by atoms with Crippen LogP contribution in [0.2, 0.25) is 0 Å². The minimum absolute atomic E-state index is 0.00744. The lowest BCUT2D eigenvalue weighted by Gasteiger charge is -2.03. The van der Waals surface area contributed by atoms with Gasteiger partial charge in [0, 0.05) is 23.2 Å². The van der Waals surface area contributed by atoms with Gasteiger partial charge >= 0.3 is 5.97 Å². The van der Waals surface area contributed by atoms with Crippen LogP contribution in [0.1, 0.15) is 17.7 Å². The molecule has 0 aliphatic rings.